The SMILES string of the molecule is CCn1ncc(Br)c1C(NC)c1ccccc1C(C)(C)C. The van der Waals surface area contributed by atoms with Gasteiger partial charge in [-0.1, -0.05) is 45.0 Å². The van der Waals surface area contributed by atoms with E-state index >= 15 is 0 Å². The van der Waals surface area contributed by atoms with Gasteiger partial charge >= 0.3 is 0 Å². The minimum Gasteiger partial charge on any atom is -0.308 e. The quantitative estimate of drug-likeness (QED) is 0.892. The number of hydrogen-bond acceptors (Lipinski definition) is 2. The van der Waals surface area contributed by atoms with Crippen LogP contribution in [0.4, 0.5) is 0 Å². The molecular formula is C17H24BrN3. The fourth-order valence-corrected chi connectivity index (χ4v) is 3.31. The summed E-state index contributed by atoms with van der Waals surface area (Å²) in [5, 5.41) is 7.91. The highest BCUT2D eigenvalue weighted by molar-refractivity contribution is 9.10. The second-order valence-electron chi connectivity index (χ2n) is 6.25. The highest BCUT2D eigenvalue weighted by atomic mass is 79.9. The Morgan fingerprint density at radius 1 is 1.29 bits per heavy atom. The van der Waals surface area contributed by atoms with Crippen LogP contribution in [0, 0.1) is 0 Å². The molecule has 21 heavy (non-hydrogen) atoms. The molecule has 2 aromatic rings. The van der Waals surface area contributed by atoms with E-state index in [1.165, 1.54) is 16.8 Å². The number of nitrogens with one attached hydrogen (secondary N) is 1. The molecule has 2 rings (SSSR count). The minimum atomic E-state index is 0.106. The normalized spacial score (nSPS) is 13.4. The largest absolute Gasteiger partial charge is 0.308 e. The van der Waals surface area contributed by atoms with Gasteiger partial charge in [-0.15, -0.1) is 0 Å². The number of hydrogen-bond donors (Lipinski definition) is 1. The summed E-state index contributed by atoms with van der Waals surface area (Å²) in [6.07, 6.45) is 1.88. The number of rotatable bonds is 4. The van der Waals surface area contributed by atoms with Crippen LogP contribution in [0.5, 0.6) is 0 Å². The molecule has 114 valence electrons. The second kappa shape index (κ2) is 6.32. The Bertz CT molecular complexity index is 611. The molecule has 1 N–H and O–H groups in total. The lowest BCUT2D eigenvalue weighted by Gasteiger charge is -2.28. The van der Waals surface area contributed by atoms with Gasteiger partial charge in [0, 0.05) is 6.54 Å². The summed E-state index contributed by atoms with van der Waals surface area (Å²) < 4.78 is 3.09. The van der Waals surface area contributed by atoms with Crippen molar-refractivity contribution >= 4 is 15.9 Å². The van der Waals surface area contributed by atoms with E-state index in [0.717, 1.165) is 11.0 Å². The fraction of sp³-hybridized carbons (Fsp3) is 0.471. The number of benzene rings is 1. The third kappa shape index (κ3) is 3.22. The van der Waals surface area contributed by atoms with Gasteiger partial charge in [-0.3, -0.25) is 4.68 Å². The highest BCUT2D eigenvalue weighted by Gasteiger charge is 2.26. The molecule has 4 heteroatoms. The number of aryl methyl sites for hydroxylation is 1. The van der Waals surface area contributed by atoms with E-state index in [2.05, 4.69) is 78.3 Å². The topological polar surface area (TPSA) is 29.9 Å². The van der Waals surface area contributed by atoms with Crippen molar-refractivity contribution in [3.8, 4) is 0 Å². The minimum absolute atomic E-state index is 0.106. The van der Waals surface area contributed by atoms with Crippen molar-refractivity contribution < 1.29 is 0 Å². The third-order valence-electron chi connectivity index (χ3n) is 3.77. The van der Waals surface area contributed by atoms with Crippen molar-refractivity contribution in [2.75, 3.05) is 7.05 Å². The van der Waals surface area contributed by atoms with Gasteiger partial charge in [-0.25, -0.2) is 0 Å². The van der Waals surface area contributed by atoms with Crippen LogP contribution >= 0.6 is 15.9 Å². The Balaban J connectivity index is 2.60. The van der Waals surface area contributed by atoms with Crippen LogP contribution in [-0.2, 0) is 12.0 Å². The molecule has 1 heterocycles. The molecule has 0 aliphatic carbocycles. The van der Waals surface area contributed by atoms with Gasteiger partial charge in [-0.05, 0) is 46.4 Å². The summed E-state index contributed by atoms with van der Waals surface area (Å²) in [5.41, 5.74) is 3.95. The zero-order valence-electron chi connectivity index (χ0n) is 13.4. The van der Waals surface area contributed by atoms with Crippen LogP contribution in [-0.4, -0.2) is 16.8 Å². The smallest absolute Gasteiger partial charge is 0.0760 e. The predicted molar refractivity (Wildman–Crippen MR) is 91.6 cm³/mol. The van der Waals surface area contributed by atoms with E-state index in [9.17, 15) is 0 Å². The van der Waals surface area contributed by atoms with E-state index in [1.54, 1.807) is 0 Å². The number of aromatic nitrogens is 2. The molecule has 1 unspecified atom stereocenters. The maximum absolute atomic E-state index is 4.45. The third-order valence-corrected chi connectivity index (χ3v) is 4.39. The van der Waals surface area contributed by atoms with Crippen LogP contribution in [0.3, 0.4) is 0 Å². The van der Waals surface area contributed by atoms with E-state index in [0.29, 0.717) is 0 Å². The summed E-state index contributed by atoms with van der Waals surface area (Å²) >= 11 is 3.65. The van der Waals surface area contributed by atoms with E-state index < -0.39 is 0 Å². The maximum atomic E-state index is 4.45. The highest BCUT2D eigenvalue weighted by Crippen LogP contribution is 2.35. The van der Waals surface area contributed by atoms with Crippen molar-refractivity contribution in [1.82, 2.24) is 15.1 Å². The summed E-state index contributed by atoms with van der Waals surface area (Å²) in [4.78, 5) is 0. The first kappa shape index (κ1) is 16.2. The number of nitrogens with zero attached hydrogens (tertiary/aromatic N) is 2. The van der Waals surface area contributed by atoms with Crippen molar-refractivity contribution in [3.63, 3.8) is 0 Å². The van der Waals surface area contributed by atoms with Crippen LogP contribution in [0.2, 0.25) is 0 Å². The standard InChI is InChI=1S/C17H24BrN3/c1-6-21-16(14(18)11-20-21)15(19-5)12-9-7-8-10-13(12)17(2,3)4/h7-11,15,19H,6H2,1-5H3. The van der Waals surface area contributed by atoms with Gasteiger partial charge in [0.15, 0.2) is 0 Å². The summed E-state index contributed by atoms with van der Waals surface area (Å²) in [7, 11) is 2.00. The fourth-order valence-electron chi connectivity index (χ4n) is 2.78. The van der Waals surface area contributed by atoms with Crippen molar-refractivity contribution in [1.29, 1.82) is 0 Å². The Kier molecular flexibility index (Phi) is 4.89. The van der Waals surface area contributed by atoms with E-state index in [-0.39, 0.29) is 11.5 Å². The van der Waals surface area contributed by atoms with Gasteiger partial charge in [0.25, 0.3) is 0 Å². The first-order valence-electron chi connectivity index (χ1n) is 7.38. The Morgan fingerprint density at radius 2 is 1.95 bits per heavy atom. The molecular weight excluding hydrogens is 326 g/mol. The van der Waals surface area contributed by atoms with Gasteiger partial charge in [0.05, 0.1) is 22.4 Å². The average molecular weight is 350 g/mol. The molecule has 0 radical (unpaired) electrons. The Hall–Kier alpha value is -1.13. The molecule has 0 amide bonds. The van der Waals surface area contributed by atoms with Gasteiger partial charge in [-0.2, -0.15) is 5.10 Å². The first-order chi connectivity index (χ1) is 9.90. The van der Waals surface area contributed by atoms with Crippen molar-refractivity contribution in [2.24, 2.45) is 0 Å². The van der Waals surface area contributed by atoms with Gasteiger partial charge in [0.2, 0.25) is 0 Å². The molecule has 0 saturated heterocycles. The molecule has 1 atom stereocenters. The molecule has 1 aromatic carbocycles. The molecule has 0 spiro atoms. The molecule has 0 fully saturated rings. The maximum Gasteiger partial charge on any atom is 0.0760 e. The van der Waals surface area contributed by atoms with Crippen LogP contribution in [0.25, 0.3) is 0 Å². The number of halogens is 1. The Labute approximate surface area is 135 Å². The molecule has 0 bridgehead atoms. The average Bonchev–Trinajstić information content (AvgIpc) is 2.81. The lowest BCUT2D eigenvalue weighted by atomic mass is 9.81. The first-order valence-corrected chi connectivity index (χ1v) is 8.17. The lowest BCUT2D eigenvalue weighted by molar-refractivity contribution is 0.536. The van der Waals surface area contributed by atoms with Crippen molar-refractivity contribution in [3.05, 3.63) is 51.8 Å². The Morgan fingerprint density at radius 3 is 2.52 bits per heavy atom. The van der Waals surface area contributed by atoms with Gasteiger partial charge in [0.1, 0.15) is 0 Å². The van der Waals surface area contributed by atoms with E-state index in [1.807, 2.05) is 17.9 Å². The zero-order valence-corrected chi connectivity index (χ0v) is 15.0. The molecule has 1 aromatic heterocycles. The predicted octanol–water partition coefficient (Wildman–Crippen LogP) is 4.27. The van der Waals surface area contributed by atoms with E-state index in [4.69, 9.17) is 0 Å². The van der Waals surface area contributed by atoms with Crippen molar-refractivity contribution in [2.45, 2.75) is 45.7 Å². The molecule has 0 saturated carbocycles. The second-order valence-corrected chi connectivity index (χ2v) is 7.11. The zero-order chi connectivity index (χ0) is 15.6. The summed E-state index contributed by atoms with van der Waals surface area (Å²) in [5.74, 6) is 0. The molecule has 0 aliphatic heterocycles. The monoisotopic (exact) mass is 349 g/mol. The molecule has 3 nitrogen and oxygen atoms in total. The van der Waals surface area contributed by atoms with Crippen LogP contribution < -0.4 is 5.32 Å². The van der Waals surface area contributed by atoms with Gasteiger partial charge < -0.3 is 5.32 Å². The summed E-state index contributed by atoms with van der Waals surface area (Å²) in [6.45, 7) is 9.74. The molecule has 0 aliphatic rings. The van der Waals surface area contributed by atoms with Crippen LogP contribution in [0.15, 0.2) is 34.9 Å². The van der Waals surface area contributed by atoms with Crippen LogP contribution in [0.1, 0.15) is 50.6 Å². The lowest BCUT2D eigenvalue weighted by Crippen LogP contribution is -2.26. The summed E-state index contributed by atoms with van der Waals surface area (Å²) in [6, 6.07) is 8.78.